The van der Waals surface area contributed by atoms with Crippen molar-refractivity contribution in [1.29, 1.82) is 0 Å². The van der Waals surface area contributed by atoms with Crippen LogP contribution in [0.2, 0.25) is 5.02 Å². The SMILES string of the molecule is CS(=O)(=O)C(=C1CN(C(c2ccccc2)c2ccccc2)C1)c1cccc(Cl)c1. The van der Waals surface area contributed by atoms with Crippen LogP contribution < -0.4 is 0 Å². The lowest BCUT2D eigenvalue weighted by Gasteiger charge is -2.42. The van der Waals surface area contributed by atoms with Gasteiger partial charge in [0, 0.05) is 24.4 Å². The van der Waals surface area contributed by atoms with E-state index >= 15 is 0 Å². The molecule has 1 heterocycles. The van der Waals surface area contributed by atoms with Gasteiger partial charge < -0.3 is 0 Å². The highest BCUT2D eigenvalue weighted by Crippen LogP contribution is 2.38. The van der Waals surface area contributed by atoms with Crippen LogP contribution >= 0.6 is 11.6 Å². The molecule has 29 heavy (non-hydrogen) atoms. The summed E-state index contributed by atoms with van der Waals surface area (Å²) in [6.45, 7) is 1.20. The zero-order valence-electron chi connectivity index (χ0n) is 16.1. The van der Waals surface area contributed by atoms with Crippen molar-refractivity contribution in [3.05, 3.63) is 112 Å². The van der Waals surface area contributed by atoms with E-state index in [2.05, 4.69) is 29.2 Å². The first kappa shape index (κ1) is 19.9. The van der Waals surface area contributed by atoms with Gasteiger partial charge in [0.05, 0.1) is 10.9 Å². The van der Waals surface area contributed by atoms with Gasteiger partial charge in [0.15, 0.2) is 9.84 Å². The zero-order valence-corrected chi connectivity index (χ0v) is 17.7. The van der Waals surface area contributed by atoms with Gasteiger partial charge >= 0.3 is 0 Å². The largest absolute Gasteiger partial charge is 0.284 e. The maximum absolute atomic E-state index is 12.6. The van der Waals surface area contributed by atoms with Gasteiger partial charge in [-0.3, -0.25) is 4.90 Å². The van der Waals surface area contributed by atoms with Gasteiger partial charge in [0.2, 0.25) is 0 Å². The first-order chi connectivity index (χ1) is 13.9. The number of halogens is 1. The highest BCUT2D eigenvalue weighted by atomic mass is 35.5. The molecule has 1 aliphatic heterocycles. The molecule has 1 fully saturated rings. The molecular formula is C24H22ClNO2S. The predicted molar refractivity (Wildman–Crippen MR) is 120 cm³/mol. The van der Waals surface area contributed by atoms with E-state index in [0.717, 1.165) is 5.57 Å². The predicted octanol–water partition coefficient (Wildman–Crippen LogP) is 5.20. The average Bonchev–Trinajstić information content (AvgIpc) is 2.67. The third-order valence-corrected chi connectivity index (χ3v) is 6.66. The van der Waals surface area contributed by atoms with Gasteiger partial charge in [0.1, 0.15) is 0 Å². The molecule has 1 aliphatic rings. The van der Waals surface area contributed by atoms with Crippen LogP contribution in [-0.4, -0.2) is 32.7 Å². The van der Waals surface area contributed by atoms with Crippen molar-refractivity contribution in [2.24, 2.45) is 0 Å². The Kier molecular flexibility index (Phi) is 5.59. The number of sulfone groups is 1. The molecule has 148 valence electrons. The molecule has 0 amide bonds. The number of rotatable bonds is 5. The maximum Gasteiger partial charge on any atom is 0.176 e. The van der Waals surface area contributed by atoms with Gasteiger partial charge in [-0.15, -0.1) is 0 Å². The quantitative estimate of drug-likeness (QED) is 0.566. The maximum atomic E-state index is 12.6. The summed E-state index contributed by atoms with van der Waals surface area (Å²) in [5.74, 6) is 0. The molecule has 1 saturated heterocycles. The third-order valence-electron chi connectivity index (χ3n) is 5.16. The standard InChI is InChI=1S/C24H22ClNO2S/c1-29(27,28)24(20-13-8-14-22(25)15-20)21-16-26(17-21)23(18-9-4-2-5-10-18)19-11-6-3-7-12-19/h2-15,23H,16-17H2,1H3. The zero-order chi connectivity index (χ0) is 20.4. The number of hydrogen-bond acceptors (Lipinski definition) is 3. The Morgan fingerprint density at radius 1 is 0.862 bits per heavy atom. The second-order valence-corrected chi connectivity index (χ2v) is 9.73. The summed E-state index contributed by atoms with van der Waals surface area (Å²) < 4.78 is 25.1. The molecule has 0 radical (unpaired) electrons. The normalized spacial score (nSPS) is 14.7. The Balaban J connectivity index is 1.71. The Morgan fingerprint density at radius 2 is 1.41 bits per heavy atom. The number of likely N-dealkylation sites (tertiary alicyclic amines) is 1. The van der Waals surface area contributed by atoms with E-state index in [1.165, 1.54) is 17.4 Å². The van der Waals surface area contributed by atoms with Crippen LogP contribution in [0.15, 0.2) is 90.5 Å². The molecule has 3 nitrogen and oxygen atoms in total. The summed E-state index contributed by atoms with van der Waals surface area (Å²) in [5.41, 5.74) is 3.97. The molecule has 5 heteroatoms. The fourth-order valence-electron chi connectivity index (χ4n) is 3.97. The third kappa shape index (κ3) is 4.30. The minimum Gasteiger partial charge on any atom is -0.284 e. The average molecular weight is 424 g/mol. The van der Waals surface area contributed by atoms with Crippen molar-refractivity contribution in [3.8, 4) is 0 Å². The second-order valence-electron chi connectivity index (χ2n) is 7.34. The van der Waals surface area contributed by atoms with Crippen LogP contribution in [0.3, 0.4) is 0 Å². The van der Waals surface area contributed by atoms with E-state index in [4.69, 9.17) is 11.6 Å². The fraction of sp³-hybridized carbons (Fsp3) is 0.167. The Hall–Kier alpha value is -2.40. The van der Waals surface area contributed by atoms with E-state index < -0.39 is 9.84 Å². The van der Waals surface area contributed by atoms with Gasteiger partial charge in [0.25, 0.3) is 0 Å². The number of nitrogens with zero attached hydrogens (tertiary/aromatic N) is 1. The van der Waals surface area contributed by atoms with E-state index in [1.807, 2.05) is 42.5 Å². The summed E-state index contributed by atoms with van der Waals surface area (Å²) in [6.07, 6.45) is 1.27. The molecule has 0 N–H and O–H groups in total. The first-order valence-electron chi connectivity index (χ1n) is 9.45. The number of benzene rings is 3. The smallest absolute Gasteiger partial charge is 0.176 e. The Morgan fingerprint density at radius 3 is 1.90 bits per heavy atom. The van der Waals surface area contributed by atoms with Crippen molar-refractivity contribution >= 4 is 26.3 Å². The van der Waals surface area contributed by atoms with Crippen molar-refractivity contribution in [1.82, 2.24) is 4.90 Å². The first-order valence-corrected chi connectivity index (χ1v) is 11.7. The molecule has 0 aliphatic carbocycles. The Labute approximate surface area is 177 Å². The lowest BCUT2D eigenvalue weighted by atomic mass is 9.92. The van der Waals surface area contributed by atoms with Crippen molar-refractivity contribution in [2.75, 3.05) is 19.3 Å². The van der Waals surface area contributed by atoms with Crippen LogP contribution in [0, 0.1) is 0 Å². The lowest BCUT2D eigenvalue weighted by molar-refractivity contribution is 0.203. The summed E-state index contributed by atoms with van der Waals surface area (Å²) >= 11 is 6.12. The minimum atomic E-state index is -3.38. The Bertz CT molecular complexity index is 1090. The molecule has 0 saturated carbocycles. The highest BCUT2D eigenvalue weighted by molar-refractivity contribution is 8.00. The lowest BCUT2D eigenvalue weighted by Crippen LogP contribution is -2.44. The van der Waals surface area contributed by atoms with Crippen LogP contribution in [0.25, 0.3) is 4.91 Å². The number of hydrogen-bond donors (Lipinski definition) is 0. The van der Waals surface area contributed by atoms with Gasteiger partial charge in [-0.25, -0.2) is 8.42 Å². The van der Waals surface area contributed by atoms with Gasteiger partial charge in [-0.2, -0.15) is 0 Å². The molecule has 0 atom stereocenters. The molecule has 3 aromatic rings. The highest BCUT2D eigenvalue weighted by Gasteiger charge is 2.34. The molecule has 0 unspecified atom stereocenters. The monoisotopic (exact) mass is 423 g/mol. The molecule has 0 aromatic heterocycles. The van der Waals surface area contributed by atoms with Crippen molar-refractivity contribution in [2.45, 2.75) is 6.04 Å². The van der Waals surface area contributed by atoms with Gasteiger partial charge in [-0.05, 0) is 34.4 Å². The van der Waals surface area contributed by atoms with Crippen molar-refractivity contribution in [3.63, 3.8) is 0 Å². The molecule has 4 rings (SSSR count). The molecule has 0 spiro atoms. The fourth-order valence-corrected chi connectivity index (χ4v) is 5.36. The molecular weight excluding hydrogens is 402 g/mol. The second kappa shape index (κ2) is 8.15. The van der Waals surface area contributed by atoms with E-state index in [-0.39, 0.29) is 6.04 Å². The van der Waals surface area contributed by atoms with Crippen LogP contribution in [-0.2, 0) is 9.84 Å². The van der Waals surface area contributed by atoms with Crippen LogP contribution in [0.1, 0.15) is 22.7 Å². The van der Waals surface area contributed by atoms with Crippen molar-refractivity contribution < 1.29 is 8.42 Å². The summed E-state index contributed by atoms with van der Waals surface area (Å²) in [4.78, 5) is 2.70. The summed E-state index contributed by atoms with van der Waals surface area (Å²) in [7, 11) is -3.38. The van der Waals surface area contributed by atoms with E-state index in [9.17, 15) is 8.42 Å². The topological polar surface area (TPSA) is 37.4 Å². The molecule has 3 aromatic carbocycles. The van der Waals surface area contributed by atoms with Gasteiger partial charge in [-0.1, -0.05) is 84.4 Å². The van der Waals surface area contributed by atoms with Crippen LogP contribution in [0.4, 0.5) is 0 Å². The molecule has 0 bridgehead atoms. The van der Waals surface area contributed by atoms with Crippen LogP contribution in [0.5, 0.6) is 0 Å². The summed E-state index contributed by atoms with van der Waals surface area (Å²) in [6, 6.07) is 27.8. The van der Waals surface area contributed by atoms with E-state index in [1.54, 1.807) is 18.2 Å². The van der Waals surface area contributed by atoms with E-state index in [0.29, 0.717) is 28.6 Å². The summed E-state index contributed by atoms with van der Waals surface area (Å²) in [5, 5.41) is 0.534. The minimum absolute atomic E-state index is 0.0846.